The summed E-state index contributed by atoms with van der Waals surface area (Å²) in [5.41, 5.74) is 0.703. The van der Waals surface area contributed by atoms with E-state index in [1.54, 1.807) is 13.0 Å². The molecule has 19 heavy (non-hydrogen) atoms. The van der Waals surface area contributed by atoms with Crippen LogP contribution in [-0.2, 0) is 9.59 Å². The van der Waals surface area contributed by atoms with Crippen LogP contribution in [0.1, 0.15) is 6.92 Å². The van der Waals surface area contributed by atoms with Crippen LogP contribution in [0.15, 0.2) is 28.7 Å². The van der Waals surface area contributed by atoms with Gasteiger partial charge in [-0.25, -0.2) is 0 Å². The number of halogens is 1. The number of hydrogen-bond acceptors (Lipinski definition) is 3. The number of anilines is 1. The van der Waals surface area contributed by atoms with E-state index >= 15 is 0 Å². The van der Waals surface area contributed by atoms with Gasteiger partial charge in [-0.15, -0.1) is 0 Å². The molecule has 1 fully saturated rings. The summed E-state index contributed by atoms with van der Waals surface area (Å²) in [6.45, 7) is 2.22. The predicted molar refractivity (Wildman–Crippen MR) is 75.1 cm³/mol. The van der Waals surface area contributed by atoms with Gasteiger partial charge in [-0.1, -0.05) is 12.1 Å². The highest BCUT2D eigenvalue weighted by atomic mass is 79.9. The number of carboxylic acids is 1. The summed E-state index contributed by atoms with van der Waals surface area (Å²) in [5, 5.41) is 12.1. The first-order valence-electron chi connectivity index (χ1n) is 6.03. The highest BCUT2D eigenvalue weighted by Gasteiger charge is 2.32. The van der Waals surface area contributed by atoms with Crippen LogP contribution in [0.2, 0.25) is 0 Å². The van der Waals surface area contributed by atoms with Crippen LogP contribution in [0.5, 0.6) is 0 Å². The average Bonchev–Trinajstić information content (AvgIpc) is 2.52. The zero-order valence-electron chi connectivity index (χ0n) is 10.5. The predicted octanol–water partition coefficient (Wildman–Crippen LogP) is 1.47. The Morgan fingerprint density at radius 1 is 1.47 bits per heavy atom. The maximum Gasteiger partial charge on any atom is 0.309 e. The molecule has 0 radical (unpaired) electrons. The normalized spacial score (nSPS) is 24.1. The van der Waals surface area contributed by atoms with E-state index < -0.39 is 17.9 Å². The van der Waals surface area contributed by atoms with E-state index in [1.807, 2.05) is 18.2 Å². The molecule has 102 valence electrons. The molecular weight excluding hydrogens is 312 g/mol. The molecule has 2 rings (SSSR count). The Kier molecular flexibility index (Phi) is 4.21. The number of carbonyl (C=O) groups excluding carboxylic acids is 1. The van der Waals surface area contributed by atoms with Gasteiger partial charge in [-0.05, 0) is 35.0 Å². The molecule has 0 aromatic heterocycles. The lowest BCUT2D eigenvalue weighted by molar-refractivity contribution is -0.141. The molecule has 2 unspecified atom stereocenters. The third kappa shape index (κ3) is 2.96. The Labute approximate surface area is 119 Å². The fraction of sp³-hybridized carbons (Fsp3) is 0.385. The van der Waals surface area contributed by atoms with Crippen molar-refractivity contribution >= 4 is 33.5 Å². The molecular formula is C13H15BrN2O3. The van der Waals surface area contributed by atoms with Gasteiger partial charge in [-0.2, -0.15) is 0 Å². The van der Waals surface area contributed by atoms with Crippen LogP contribution in [0, 0.1) is 5.92 Å². The fourth-order valence-electron chi connectivity index (χ4n) is 2.07. The second kappa shape index (κ2) is 5.71. The highest BCUT2D eigenvalue weighted by molar-refractivity contribution is 9.10. The first kappa shape index (κ1) is 14.0. The molecule has 1 aromatic rings. The van der Waals surface area contributed by atoms with Crippen molar-refractivity contribution in [1.29, 1.82) is 0 Å². The standard InChI is InChI=1S/C13H15BrN2O3/c1-8-12(17)16(7-9(6-15-8)13(18)19)11-5-3-2-4-10(11)14/h2-5,8-9,15H,6-7H2,1H3,(H,18,19). The largest absolute Gasteiger partial charge is 0.481 e. The third-order valence-electron chi connectivity index (χ3n) is 3.20. The van der Waals surface area contributed by atoms with E-state index in [2.05, 4.69) is 21.2 Å². The second-order valence-corrected chi connectivity index (χ2v) is 5.42. The van der Waals surface area contributed by atoms with Crippen molar-refractivity contribution in [2.75, 3.05) is 18.0 Å². The van der Waals surface area contributed by atoms with Crippen LogP contribution in [0.25, 0.3) is 0 Å². The number of para-hydroxylation sites is 1. The monoisotopic (exact) mass is 326 g/mol. The summed E-state index contributed by atoms with van der Waals surface area (Å²) in [5.74, 6) is -1.62. The number of hydrogen-bond donors (Lipinski definition) is 2. The number of nitrogens with zero attached hydrogens (tertiary/aromatic N) is 1. The number of carboxylic acid groups (broad SMARTS) is 1. The summed E-state index contributed by atoms with van der Waals surface area (Å²) in [6, 6.07) is 6.93. The smallest absolute Gasteiger partial charge is 0.309 e. The summed E-state index contributed by atoms with van der Waals surface area (Å²) in [4.78, 5) is 25.0. The molecule has 0 spiro atoms. The van der Waals surface area contributed by atoms with E-state index in [1.165, 1.54) is 4.90 Å². The number of benzene rings is 1. The maximum absolute atomic E-state index is 12.3. The first-order chi connectivity index (χ1) is 9.00. The SMILES string of the molecule is CC1NCC(C(=O)O)CN(c2ccccc2Br)C1=O. The zero-order chi connectivity index (χ0) is 14.0. The first-order valence-corrected chi connectivity index (χ1v) is 6.82. The van der Waals surface area contributed by atoms with Gasteiger partial charge in [0.2, 0.25) is 5.91 Å². The quantitative estimate of drug-likeness (QED) is 0.863. The molecule has 6 heteroatoms. The number of nitrogens with one attached hydrogen (secondary N) is 1. The average molecular weight is 327 g/mol. The summed E-state index contributed by atoms with van der Waals surface area (Å²) in [6.07, 6.45) is 0. The van der Waals surface area contributed by atoms with Gasteiger partial charge in [0.05, 0.1) is 17.6 Å². The van der Waals surface area contributed by atoms with E-state index in [-0.39, 0.29) is 12.5 Å². The summed E-state index contributed by atoms with van der Waals surface area (Å²) < 4.78 is 0.779. The molecule has 0 saturated carbocycles. The Morgan fingerprint density at radius 3 is 2.79 bits per heavy atom. The lowest BCUT2D eigenvalue weighted by Gasteiger charge is -2.25. The summed E-state index contributed by atoms with van der Waals surface area (Å²) in [7, 11) is 0. The molecule has 1 aliphatic rings. The van der Waals surface area contributed by atoms with Crippen molar-refractivity contribution in [3.05, 3.63) is 28.7 Å². The van der Waals surface area contributed by atoms with Crippen LogP contribution in [-0.4, -0.2) is 36.1 Å². The molecule has 5 nitrogen and oxygen atoms in total. The number of carbonyl (C=O) groups is 2. The Balaban J connectivity index is 2.37. The van der Waals surface area contributed by atoms with Crippen molar-refractivity contribution in [2.45, 2.75) is 13.0 Å². The van der Waals surface area contributed by atoms with Gasteiger partial charge >= 0.3 is 5.97 Å². The molecule has 1 aliphatic heterocycles. The molecule has 1 aromatic carbocycles. The van der Waals surface area contributed by atoms with Crippen molar-refractivity contribution in [1.82, 2.24) is 5.32 Å². The maximum atomic E-state index is 12.3. The Hall–Kier alpha value is -1.40. The molecule has 0 bridgehead atoms. The zero-order valence-corrected chi connectivity index (χ0v) is 12.1. The summed E-state index contributed by atoms with van der Waals surface area (Å²) >= 11 is 3.40. The minimum Gasteiger partial charge on any atom is -0.481 e. The van der Waals surface area contributed by atoms with Crippen molar-refractivity contribution in [3.63, 3.8) is 0 Å². The van der Waals surface area contributed by atoms with Crippen molar-refractivity contribution in [3.8, 4) is 0 Å². The van der Waals surface area contributed by atoms with Crippen LogP contribution >= 0.6 is 15.9 Å². The Bertz CT molecular complexity index is 506. The molecule has 2 N–H and O–H groups in total. The second-order valence-electron chi connectivity index (χ2n) is 4.57. The number of amides is 1. The molecule has 1 heterocycles. The van der Waals surface area contributed by atoms with E-state index in [4.69, 9.17) is 0 Å². The highest BCUT2D eigenvalue weighted by Crippen LogP contribution is 2.28. The Morgan fingerprint density at radius 2 is 2.16 bits per heavy atom. The van der Waals surface area contributed by atoms with E-state index in [0.29, 0.717) is 12.2 Å². The molecule has 0 aliphatic carbocycles. The van der Waals surface area contributed by atoms with Gasteiger partial charge in [0.15, 0.2) is 0 Å². The molecule has 1 amide bonds. The van der Waals surface area contributed by atoms with Gasteiger partial charge in [0.1, 0.15) is 0 Å². The molecule has 1 saturated heterocycles. The number of aliphatic carboxylic acids is 1. The van der Waals surface area contributed by atoms with E-state index in [0.717, 1.165) is 4.47 Å². The van der Waals surface area contributed by atoms with Crippen LogP contribution < -0.4 is 10.2 Å². The number of rotatable bonds is 2. The van der Waals surface area contributed by atoms with E-state index in [9.17, 15) is 14.7 Å². The van der Waals surface area contributed by atoms with Crippen LogP contribution in [0.3, 0.4) is 0 Å². The topological polar surface area (TPSA) is 69.6 Å². The lowest BCUT2D eigenvalue weighted by Crippen LogP contribution is -2.42. The lowest BCUT2D eigenvalue weighted by atomic mass is 10.1. The minimum atomic E-state index is -0.897. The third-order valence-corrected chi connectivity index (χ3v) is 3.87. The van der Waals surface area contributed by atoms with Gasteiger partial charge < -0.3 is 15.3 Å². The van der Waals surface area contributed by atoms with Crippen molar-refractivity contribution < 1.29 is 14.7 Å². The van der Waals surface area contributed by atoms with Gasteiger partial charge in [0.25, 0.3) is 0 Å². The molecule has 2 atom stereocenters. The van der Waals surface area contributed by atoms with Gasteiger partial charge in [-0.3, -0.25) is 9.59 Å². The van der Waals surface area contributed by atoms with Crippen molar-refractivity contribution in [2.24, 2.45) is 5.92 Å². The minimum absolute atomic E-state index is 0.115. The fourth-order valence-corrected chi connectivity index (χ4v) is 2.57. The van der Waals surface area contributed by atoms with Crippen LogP contribution in [0.4, 0.5) is 5.69 Å². The van der Waals surface area contributed by atoms with Gasteiger partial charge in [0, 0.05) is 17.6 Å².